The maximum atomic E-state index is 12.4. The van der Waals surface area contributed by atoms with Crippen LogP contribution in [-0.4, -0.2) is 44.0 Å². The van der Waals surface area contributed by atoms with Gasteiger partial charge in [-0.2, -0.15) is 0 Å². The first-order valence-electron chi connectivity index (χ1n) is 7.09. The highest BCUT2D eigenvalue weighted by molar-refractivity contribution is 6.34. The summed E-state index contributed by atoms with van der Waals surface area (Å²) >= 11 is 6.26. The molecule has 0 aromatic heterocycles. The van der Waals surface area contributed by atoms with Crippen LogP contribution in [-0.2, 0) is 9.53 Å². The molecule has 1 unspecified atom stereocenters. The van der Waals surface area contributed by atoms with Crippen molar-refractivity contribution in [1.82, 2.24) is 5.32 Å². The smallest absolute Gasteiger partial charge is 0.245 e. The van der Waals surface area contributed by atoms with Crippen LogP contribution >= 0.6 is 11.6 Å². The molecule has 112 valence electrons. The van der Waals surface area contributed by atoms with Gasteiger partial charge in [-0.1, -0.05) is 17.7 Å². The number of nitrogens with one attached hydrogen (secondary N) is 1. The molecule has 1 heterocycles. The van der Waals surface area contributed by atoms with Crippen molar-refractivity contribution in [3.8, 4) is 0 Å². The number of amides is 1. The van der Waals surface area contributed by atoms with Crippen LogP contribution in [0.25, 0.3) is 0 Å². The molecule has 0 spiro atoms. The Morgan fingerprint density at radius 3 is 2.95 bits per heavy atom. The van der Waals surface area contributed by atoms with Gasteiger partial charge in [-0.05, 0) is 25.0 Å². The number of hydrogen-bond donors (Lipinski definition) is 1. The third kappa shape index (κ3) is 3.04. The summed E-state index contributed by atoms with van der Waals surface area (Å²) in [6.07, 6.45) is 2.84. The lowest BCUT2D eigenvalue weighted by molar-refractivity contribution is -0.124. The Balaban J connectivity index is 1.90. The maximum Gasteiger partial charge on any atom is 0.245 e. The molecule has 1 aromatic rings. The standard InChI is InChI=1S/C15H17ClN2O3/c16-12-3-1-2-10(8-19)14(12)18-6-7-21-9-13(18)15(20)17-11-4-5-11/h1-3,8,11,13H,4-7,9H2,(H,17,20). The number of para-hydroxylation sites is 1. The molecule has 1 N–H and O–H groups in total. The molecule has 5 nitrogen and oxygen atoms in total. The first-order valence-corrected chi connectivity index (χ1v) is 7.47. The van der Waals surface area contributed by atoms with Gasteiger partial charge in [0.2, 0.25) is 5.91 Å². The highest BCUT2D eigenvalue weighted by Crippen LogP contribution is 2.32. The van der Waals surface area contributed by atoms with Crippen LogP contribution in [0.4, 0.5) is 5.69 Å². The van der Waals surface area contributed by atoms with Gasteiger partial charge in [0.1, 0.15) is 6.04 Å². The van der Waals surface area contributed by atoms with Gasteiger partial charge >= 0.3 is 0 Å². The van der Waals surface area contributed by atoms with E-state index in [0.717, 1.165) is 19.1 Å². The second-order valence-electron chi connectivity index (χ2n) is 5.36. The van der Waals surface area contributed by atoms with E-state index < -0.39 is 6.04 Å². The van der Waals surface area contributed by atoms with E-state index in [1.807, 2.05) is 4.90 Å². The van der Waals surface area contributed by atoms with Gasteiger partial charge in [0.05, 0.1) is 23.9 Å². The van der Waals surface area contributed by atoms with Crippen LogP contribution < -0.4 is 10.2 Å². The van der Waals surface area contributed by atoms with Crippen LogP contribution in [0.15, 0.2) is 18.2 Å². The van der Waals surface area contributed by atoms with Gasteiger partial charge in [0, 0.05) is 18.2 Å². The van der Waals surface area contributed by atoms with Crippen molar-refractivity contribution in [2.75, 3.05) is 24.7 Å². The van der Waals surface area contributed by atoms with Crippen molar-refractivity contribution in [2.45, 2.75) is 24.9 Å². The van der Waals surface area contributed by atoms with Crippen LogP contribution in [0.2, 0.25) is 5.02 Å². The number of morpholine rings is 1. The molecule has 1 atom stereocenters. The lowest BCUT2D eigenvalue weighted by atomic mass is 10.1. The Morgan fingerprint density at radius 1 is 1.43 bits per heavy atom. The first-order chi connectivity index (χ1) is 10.2. The fraction of sp³-hybridized carbons (Fsp3) is 0.467. The lowest BCUT2D eigenvalue weighted by Gasteiger charge is -2.37. The highest BCUT2D eigenvalue weighted by Gasteiger charge is 2.34. The lowest BCUT2D eigenvalue weighted by Crippen LogP contribution is -2.54. The molecule has 1 saturated heterocycles. The minimum absolute atomic E-state index is 0.0611. The SMILES string of the molecule is O=Cc1cccc(Cl)c1N1CCOCC1C(=O)NC1CC1. The maximum absolute atomic E-state index is 12.4. The Labute approximate surface area is 128 Å². The van der Waals surface area contributed by atoms with Gasteiger partial charge in [-0.15, -0.1) is 0 Å². The van der Waals surface area contributed by atoms with Gasteiger partial charge in [0.25, 0.3) is 0 Å². The normalized spacial score (nSPS) is 22.0. The van der Waals surface area contributed by atoms with Crippen LogP contribution in [0.1, 0.15) is 23.2 Å². The molecule has 21 heavy (non-hydrogen) atoms. The van der Waals surface area contributed by atoms with E-state index in [1.165, 1.54) is 0 Å². The molecular formula is C15H17ClN2O3. The highest BCUT2D eigenvalue weighted by atomic mass is 35.5. The summed E-state index contributed by atoms with van der Waals surface area (Å²) < 4.78 is 5.44. The second-order valence-corrected chi connectivity index (χ2v) is 5.77. The topological polar surface area (TPSA) is 58.6 Å². The summed E-state index contributed by atoms with van der Waals surface area (Å²) in [7, 11) is 0. The van der Waals surface area contributed by atoms with E-state index in [1.54, 1.807) is 18.2 Å². The van der Waals surface area contributed by atoms with E-state index in [4.69, 9.17) is 16.3 Å². The van der Waals surface area contributed by atoms with Crippen molar-refractivity contribution in [1.29, 1.82) is 0 Å². The Kier molecular flexibility index (Phi) is 4.12. The Bertz CT molecular complexity index is 560. The summed E-state index contributed by atoms with van der Waals surface area (Å²) in [5.74, 6) is -0.0611. The summed E-state index contributed by atoms with van der Waals surface area (Å²) in [5, 5.41) is 3.47. The molecule has 3 rings (SSSR count). The molecule has 2 fully saturated rings. The van der Waals surface area contributed by atoms with Crippen molar-refractivity contribution >= 4 is 29.5 Å². The molecule has 1 aromatic carbocycles. The zero-order chi connectivity index (χ0) is 14.8. The van der Waals surface area contributed by atoms with Gasteiger partial charge < -0.3 is 15.0 Å². The van der Waals surface area contributed by atoms with Crippen LogP contribution in [0, 0.1) is 0 Å². The fourth-order valence-corrected chi connectivity index (χ4v) is 2.83. The van der Waals surface area contributed by atoms with Gasteiger partial charge in [0.15, 0.2) is 6.29 Å². The first kappa shape index (κ1) is 14.4. The average Bonchev–Trinajstić information content (AvgIpc) is 3.31. The Morgan fingerprint density at radius 2 is 2.24 bits per heavy atom. The Hall–Kier alpha value is -1.59. The number of hydrogen-bond acceptors (Lipinski definition) is 4. The number of benzene rings is 1. The van der Waals surface area contributed by atoms with E-state index >= 15 is 0 Å². The number of ether oxygens (including phenoxy) is 1. The summed E-state index contributed by atoms with van der Waals surface area (Å²) in [6.45, 7) is 1.35. The van der Waals surface area contributed by atoms with Crippen molar-refractivity contribution in [3.63, 3.8) is 0 Å². The molecule has 0 radical (unpaired) electrons. The molecule has 2 aliphatic rings. The quantitative estimate of drug-likeness (QED) is 0.859. The molecule has 1 saturated carbocycles. The van der Waals surface area contributed by atoms with E-state index in [9.17, 15) is 9.59 Å². The number of carbonyl (C=O) groups is 2. The number of halogens is 1. The number of carbonyl (C=O) groups excluding carboxylic acids is 2. The predicted octanol–water partition coefficient (Wildman–Crippen LogP) is 1.64. The fourth-order valence-electron chi connectivity index (χ4n) is 2.54. The number of anilines is 1. The largest absolute Gasteiger partial charge is 0.377 e. The third-order valence-corrected chi connectivity index (χ3v) is 4.09. The van der Waals surface area contributed by atoms with Crippen molar-refractivity contribution in [3.05, 3.63) is 28.8 Å². The minimum atomic E-state index is -0.446. The third-order valence-electron chi connectivity index (χ3n) is 3.79. The van der Waals surface area contributed by atoms with Crippen LogP contribution in [0.5, 0.6) is 0 Å². The van der Waals surface area contributed by atoms with Crippen molar-refractivity contribution in [2.24, 2.45) is 0 Å². The van der Waals surface area contributed by atoms with Gasteiger partial charge in [-0.3, -0.25) is 9.59 Å². The number of rotatable bonds is 4. The number of nitrogens with zero attached hydrogens (tertiary/aromatic N) is 1. The van der Waals surface area contributed by atoms with Crippen LogP contribution in [0.3, 0.4) is 0 Å². The molecular weight excluding hydrogens is 292 g/mol. The monoisotopic (exact) mass is 308 g/mol. The molecule has 1 aliphatic heterocycles. The van der Waals surface area contributed by atoms with Crippen molar-refractivity contribution < 1.29 is 14.3 Å². The van der Waals surface area contributed by atoms with E-state index in [0.29, 0.717) is 36.0 Å². The summed E-state index contributed by atoms with van der Waals surface area (Å²) in [6, 6.07) is 5.01. The molecule has 6 heteroatoms. The molecule has 1 aliphatic carbocycles. The average molecular weight is 309 g/mol. The predicted molar refractivity (Wildman–Crippen MR) is 80.0 cm³/mol. The second kappa shape index (κ2) is 6.03. The zero-order valence-electron chi connectivity index (χ0n) is 11.5. The molecule has 0 bridgehead atoms. The minimum Gasteiger partial charge on any atom is -0.377 e. The summed E-state index contributed by atoms with van der Waals surface area (Å²) in [5.41, 5.74) is 1.11. The van der Waals surface area contributed by atoms with Gasteiger partial charge in [-0.25, -0.2) is 0 Å². The zero-order valence-corrected chi connectivity index (χ0v) is 12.3. The summed E-state index contributed by atoms with van der Waals surface area (Å²) in [4.78, 5) is 25.5. The molecule has 1 amide bonds. The van der Waals surface area contributed by atoms with E-state index in [2.05, 4.69) is 5.32 Å². The van der Waals surface area contributed by atoms with E-state index in [-0.39, 0.29) is 11.9 Å². The number of aldehydes is 1.